The number of amides is 2. The van der Waals surface area contributed by atoms with Crippen LogP contribution in [0, 0.1) is 5.92 Å². The van der Waals surface area contributed by atoms with Crippen LogP contribution in [0.1, 0.15) is 49.9 Å². The molecule has 0 saturated heterocycles. The third kappa shape index (κ3) is 8.36. The molecule has 2 aromatic carbocycles. The van der Waals surface area contributed by atoms with E-state index in [0.29, 0.717) is 16.6 Å². The van der Waals surface area contributed by atoms with E-state index in [1.807, 2.05) is 88.4 Å². The smallest absolute Gasteiger partial charge is 0.408 e. The van der Waals surface area contributed by atoms with Gasteiger partial charge in [0.2, 0.25) is 11.0 Å². The highest BCUT2D eigenvalue weighted by molar-refractivity contribution is 7.15. The van der Waals surface area contributed by atoms with Gasteiger partial charge in [0.15, 0.2) is 0 Å². The molecular formula is C26H33N5O3S. The second kappa shape index (κ2) is 12.9. The minimum atomic E-state index is -0.817. The van der Waals surface area contributed by atoms with Crippen molar-refractivity contribution in [2.45, 2.75) is 58.8 Å². The molecule has 0 aliphatic carbocycles. The summed E-state index contributed by atoms with van der Waals surface area (Å²) in [5.41, 5.74) is 1.80. The van der Waals surface area contributed by atoms with Gasteiger partial charge in [-0.2, -0.15) is 0 Å². The Bertz CT molecular complexity index is 1070. The van der Waals surface area contributed by atoms with Gasteiger partial charge in [0.25, 0.3) is 0 Å². The topological polar surface area (TPSA) is 105 Å². The summed E-state index contributed by atoms with van der Waals surface area (Å²) in [6.45, 7) is 8.20. The van der Waals surface area contributed by atoms with Crippen molar-refractivity contribution in [1.29, 1.82) is 0 Å². The standard InChI is InChI=1S/C26H33N5O3S/c1-17(2)22(24-30-31-25(35-24)27-18(3)4)29-23(32)21(15-19-11-7-5-8-12-19)28-26(33)34-16-20-13-9-6-10-14-20/h5-14,17-18,21-22H,15-16H2,1-4H3,(H,27,31)(H,28,33)(H,29,32)/t21-,22-/m0/s1. The molecule has 0 spiro atoms. The predicted octanol–water partition coefficient (Wildman–Crippen LogP) is 4.71. The van der Waals surface area contributed by atoms with E-state index in [2.05, 4.69) is 26.1 Å². The Balaban J connectivity index is 1.71. The van der Waals surface area contributed by atoms with Crippen molar-refractivity contribution in [3.8, 4) is 0 Å². The highest BCUT2D eigenvalue weighted by Gasteiger charge is 2.28. The fourth-order valence-corrected chi connectivity index (χ4v) is 4.51. The van der Waals surface area contributed by atoms with Crippen LogP contribution in [-0.4, -0.2) is 34.3 Å². The molecule has 0 radical (unpaired) electrons. The van der Waals surface area contributed by atoms with E-state index in [1.54, 1.807) is 0 Å². The van der Waals surface area contributed by atoms with Crippen LogP contribution in [0.25, 0.3) is 0 Å². The normalized spacial score (nSPS) is 12.7. The van der Waals surface area contributed by atoms with Gasteiger partial charge >= 0.3 is 6.09 Å². The highest BCUT2D eigenvalue weighted by atomic mass is 32.1. The van der Waals surface area contributed by atoms with Crippen LogP contribution < -0.4 is 16.0 Å². The number of aromatic nitrogens is 2. The number of ether oxygens (including phenoxy) is 1. The molecule has 0 aliphatic rings. The second-order valence-electron chi connectivity index (χ2n) is 8.92. The molecule has 186 valence electrons. The van der Waals surface area contributed by atoms with E-state index in [9.17, 15) is 9.59 Å². The fourth-order valence-electron chi connectivity index (χ4n) is 3.40. The Morgan fingerprint density at radius 1 is 0.886 bits per heavy atom. The number of anilines is 1. The zero-order valence-electron chi connectivity index (χ0n) is 20.5. The van der Waals surface area contributed by atoms with E-state index < -0.39 is 12.1 Å². The number of hydrogen-bond acceptors (Lipinski definition) is 7. The van der Waals surface area contributed by atoms with Crippen LogP contribution in [0.4, 0.5) is 9.93 Å². The van der Waals surface area contributed by atoms with Gasteiger partial charge in [-0.25, -0.2) is 4.79 Å². The minimum Gasteiger partial charge on any atom is -0.445 e. The molecule has 0 fully saturated rings. The molecule has 3 N–H and O–H groups in total. The molecule has 35 heavy (non-hydrogen) atoms. The summed E-state index contributed by atoms with van der Waals surface area (Å²) in [6.07, 6.45) is -0.320. The van der Waals surface area contributed by atoms with Crippen LogP contribution in [0.2, 0.25) is 0 Å². The lowest BCUT2D eigenvalue weighted by Crippen LogP contribution is -2.49. The second-order valence-corrected chi connectivity index (χ2v) is 9.93. The lowest BCUT2D eigenvalue weighted by atomic mass is 10.0. The van der Waals surface area contributed by atoms with Gasteiger partial charge in [0, 0.05) is 12.5 Å². The van der Waals surface area contributed by atoms with E-state index in [1.165, 1.54) is 11.3 Å². The number of nitrogens with zero attached hydrogens (tertiary/aromatic N) is 2. The van der Waals surface area contributed by atoms with Crippen molar-refractivity contribution in [3.63, 3.8) is 0 Å². The number of benzene rings is 2. The van der Waals surface area contributed by atoms with Crippen molar-refractivity contribution in [3.05, 3.63) is 76.8 Å². The molecule has 2 atom stereocenters. The Hall–Kier alpha value is -3.46. The first kappa shape index (κ1) is 26.2. The molecular weight excluding hydrogens is 462 g/mol. The summed E-state index contributed by atoms with van der Waals surface area (Å²) < 4.78 is 5.37. The third-order valence-corrected chi connectivity index (χ3v) is 6.12. The van der Waals surface area contributed by atoms with Crippen molar-refractivity contribution in [2.75, 3.05) is 5.32 Å². The quantitative estimate of drug-likeness (QED) is 0.356. The molecule has 9 heteroatoms. The van der Waals surface area contributed by atoms with Gasteiger partial charge in [-0.05, 0) is 30.9 Å². The van der Waals surface area contributed by atoms with Crippen molar-refractivity contribution in [1.82, 2.24) is 20.8 Å². The van der Waals surface area contributed by atoms with E-state index >= 15 is 0 Å². The molecule has 0 aliphatic heterocycles. The SMILES string of the molecule is CC(C)Nc1nnc([C@@H](NC(=O)[C@H](Cc2ccccc2)NC(=O)OCc2ccccc2)C(C)C)s1. The number of alkyl carbamates (subject to hydrolysis) is 1. The summed E-state index contributed by atoms with van der Waals surface area (Å²) in [5, 5.41) is 19.0. The fraction of sp³-hybridized carbons (Fsp3) is 0.385. The Labute approximate surface area is 210 Å². The van der Waals surface area contributed by atoms with E-state index in [4.69, 9.17) is 4.74 Å². The monoisotopic (exact) mass is 495 g/mol. The zero-order valence-corrected chi connectivity index (χ0v) is 21.3. The molecule has 8 nitrogen and oxygen atoms in total. The highest BCUT2D eigenvalue weighted by Crippen LogP contribution is 2.27. The van der Waals surface area contributed by atoms with Gasteiger partial charge in [-0.1, -0.05) is 85.8 Å². The maximum absolute atomic E-state index is 13.4. The van der Waals surface area contributed by atoms with Crippen LogP contribution in [0.5, 0.6) is 0 Å². The summed E-state index contributed by atoms with van der Waals surface area (Å²) in [6, 6.07) is 18.0. The summed E-state index contributed by atoms with van der Waals surface area (Å²) in [5.74, 6) is -0.237. The van der Waals surface area contributed by atoms with E-state index in [0.717, 1.165) is 11.1 Å². The lowest BCUT2D eigenvalue weighted by molar-refractivity contribution is -0.124. The molecule has 3 rings (SSSR count). The van der Waals surface area contributed by atoms with Gasteiger partial charge in [0.05, 0.1) is 6.04 Å². The lowest BCUT2D eigenvalue weighted by Gasteiger charge is -2.24. The number of nitrogens with one attached hydrogen (secondary N) is 3. The Morgan fingerprint density at radius 3 is 2.11 bits per heavy atom. The first-order valence-electron chi connectivity index (χ1n) is 11.7. The largest absolute Gasteiger partial charge is 0.445 e. The van der Waals surface area contributed by atoms with E-state index in [-0.39, 0.29) is 30.5 Å². The molecule has 2 amide bonds. The first-order chi connectivity index (χ1) is 16.8. The molecule has 0 bridgehead atoms. The van der Waals surface area contributed by atoms with Gasteiger partial charge in [-0.15, -0.1) is 10.2 Å². The van der Waals surface area contributed by atoms with Crippen molar-refractivity contribution < 1.29 is 14.3 Å². The molecule has 3 aromatic rings. The summed E-state index contributed by atoms with van der Waals surface area (Å²) in [4.78, 5) is 26.0. The summed E-state index contributed by atoms with van der Waals surface area (Å²) in [7, 11) is 0. The Kier molecular flexibility index (Phi) is 9.60. The van der Waals surface area contributed by atoms with Crippen molar-refractivity contribution >= 4 is 28.5 Å². The van der Waals surface area contributed by atoms with Crippen LogP contribution in [0.3, 0.4) is 0 Å². The minimum absolute atomic E-state index is 0.0706. The summed E-state index contributed by atoms with van der Waals surface area (Å²) >= 11 is 1.41. The number of rotatable bonds is 11. The zero-order chi connectivity index (χ0) is 25.2. The average molecular weight is 496 g/mol. The maximum Gasteiger partial charge on any atom is 0.408 e. The van der Waals surface area contributed by atoms with Gasteiger partial charge in [0.1, 0.15) is 17.7 Å². The maximum atomic E-state index is 13.4. The average Bonchev–Trinajstić information content (AvgIpc) is 3.29. The van der Waals surface area contributed by atoms with Crippen LogP contribution >= 0.6 is 11.3 Å². The van der Waals surface area contributed by atoms with Crippen LogP contribution in [-0.2, 0) is 22.6 Å². The molecule has 0 unspecified atom stereocenters. The van der Waals surface area contributed by atoms with Crippen LogP contribution in [0.15, 0.2) is 60.7 Å². The Morgan fingerprint density at radius 2 is 1.51 bits per heavy atom. The first-order valence-corrected chi connectivity index (χ1v) is 12.5. The molecule has 0 saturated carbocycles. The third-order valence-electron chi connectivity index (χ3n) is 5.19. The number of hydrogen-bond donors (Lipinski definition) is 3. The number of carbonyl (C=O) groups is 2. The molecule has 1 heterocycles. The predicted molar refractivity (Wildman–Crippen MR) is 138 cm³/mol. The van der Waals surface area contributed by atoms with Gasteiger partial charge < -0.3 is 20.7 Å². The number of carbonyl (C=O) groups excluding carboxylic acids is 2. The van der Waals surface area contributed by atoms with Gasteiger partial charge in [-0.3, -0.25) is 4.79 Å². The molecule has 1 aromatic heterocycles. The van der Waals surface area contributed by atoms with Crippen molar-refractivity contribution in [2.24, 2.45) is 5.92 Å².